The zero-order chi connectivity index (χ0) is 16.2. The zero-order valence-electron chi connectivity index (χ0n) is 12.0. The van der Waals surface area contributed by atoms with Gasteiger partial charge in [0, 0.05) is 22.6 Å². The monoisotopic (exact) mass is 329 g/mol. The summed E-state index contributed by atoms with van der Waals surface area (Å²) in [5, 5.41) is 23.5. The molecular weight excluding hydrogens is 312 g/mol. The van der Waals surface area contributed by atoms with Crippen LogP contribution in [0.25, 0.3) is 0 Å². The van der Waals surface area contributed by atoms with Crippen LogP contribution < -0.4 is 0 Å². The first-order valence-electron chi connectivity index (χ1n) is 6.70. The van der Waals surface area contributed by atoms with Gasteiger partial charge >= 0.3 is 0 Å². The highest BCUT2D eigenvalue weighted by molar-refractivity contribution is 7.99. The minimum atomic E-state index is -1.62. The summed E-state index contributed by atoms with van der Waals surface area (Å²) in [4.78, 5) is 3.80. The molecule has 2 rings (SSSR count). The summed E-state index contributed by atoms with van der Waals surface area (Å²) in [7, 11) is 0. The average molecular weight is 329 g/mol. The molecule has 2 aromatic rings. The minimum absolute atomic E-state index is 0.0117. The van der Waals surface area contributed by atoms with Crippen molar-refractivity contribution in [1.82, 2.24) is 14.8 Å². The predicted molar refractivity (Wildman–Crippen MR) is 79.3 cm³/mol. The fourth-order valence-electron chi connectivity index (χ4n) is 2.20. The summed E-state index contributed by atoms with van der Waals surface area (Å²) in [6.45, 7) is 1.63. The molecule has 8 heteroatoms. The molecule has 0 aliphatic carbocycles. The highest BCUT2D eigenvalue weighted by Crippen LogP contribution is 2.35. The van der Waals surface area contributed by atoms with Gasteiger partial charge in [-0.3, -0.25) is 0 Å². The topological polar surface area (TPSA) is 71.2 Å². The van der Waals surface area contributed by atoms with Gasteiger partial charge in [-0.15, -0.1) is 0 Å². The Hall–Kier alpha value is -1.51. The molecule has 0 bridgehead atoms. The van der Waals surface area contributed by atoms with Crippen molar-refractivity contribution in [3.8, 4) is 0 Å². The standard InChI is InChI=1S/C14H17F2N3O2S/c1-10(22-5-4-20)14(21,7-19-9-17-8-18-19)12-3-2-11(15)6-13(12)16/h2-3,6,8-10,20-21H,4-5,7H2,1H3/t10-,14-/m1/s1. The van der Waals surface area contributed by atoms with Gasteiger partial charge < -0.3 is 10.2 Å². The first kappa shape index (κ1) is 16.9. The zero-order valence-corrected chi connectivity index (χ0v) is 12.8. The molecule has 0 unspecified atom stereocenters. The number of nitrogens with zero attached hydrogens (tertiary/aromatic N) is 3. The molecule has 2 N–H and O–H groups in total. The quantitative estimate of drug-likeness (QED) is 0.807. The van der Waals surface area contributed by atoms with Crippen molar-refractivity contribution < 1.29 is 19.0 Å². The second-order valence-corrected chi connectivity index (χ2v) is 6.33. The third-order valence-electron chi connectivity index (χ3n) is 3.40. The van der Waals surface area contributed by atoms with E-state index in [1.54, 1.807) is 6.92 Å². The van der Waals surface area contributed by atoms with E-state index < -0.39 is 22.5 Å². The summed E-state index contributed by atoms with van der Waals surface area (Å²) in [6.07, 6.45) is 2.72. The number of halogens is 2. The van der Waals surface area contributed by atoms with Crippen LogP contribution in [0.3, 0.4) is 0 Å². The fourth-order valence-corrected chi connectivity index (χ4v) is 3.14. The summed E-state index contributed by atoms with van der Waals surface area (Å²) in [5.74, 6) is -1.14. The lowest BCUT2D eigenvalue weighted by atomic mass is 9.90. The van der Waals surface area contributed by atoms with Crippen molar-refractivity contribution in [1.29, 1.82) is 0 Å². The molecule has 120 valence electrons. The summed E-state index contributed by atoms with van der Waals surface area (Å²) < 4.78 is 28.7. The second kappa shape index (κ2) is 7.17. The van der Waals surface area contributed by atoms with E-state index in [0.29, 0.717) is 5.75 Å². The second-order valence-electron chi connectivity index (χ2n) is 4.88. The number of rotatable bonds is 7. The van der Waals surface area contributed by atoms with Crippen LogP contribution in [0.1, 0.15) is 12.5 Å². The first-order valence-corrected chi connectivity index (χ1v) is 7.75. The van der Waals surface area contributed by atoms with Crippen molar-refractivity contribution in [2.75, 3.05) is 12.4 Å². The van der Waals surface area contributed by atoms with Gasteiger partial charge in [-0.25, -0.2) is 18.4 Å². The maximum Gasteiger partial charge on any atom is 0.137 e. The third kappa shape index (κ3) is 3.63. The fraction of sp³-hybridized carbons (Fsp3) is 0.429. The SMILES string of the molecule is C[C@@H](SCCO)[C@](O)(Cn1cncn1)c1ccc(F)cc1F. The lowest BCUT2D eigenvalue weighted by molar-refractivity contribution is 0.0133. The number of benzene rings is 1. The molecule has 0 fully saturated rings. The van der Waals surface area contributed by atoms with Crippen LogP contribution in [0.5, 0.6) is 0 Å². The Morgan fingerprint density at radius 2 is 2.18 bits per heavy atom. The van der Waals surface area contributed by atoms with Crippen molar-refractivity contribution in [2.24, 2.45) is 0 Å². The van der Waals surface area contributed by atoms with E-state index in [4.69, 9.17) is 5.11 Å². The van der Waals surface area contributed by atoms with Gasteiger partial charge in [-0.1, -0.05) is 13.0 Å². The number of aliphatic hydroxyl groups excluding tert-OH is 1. The molecule has 0 saturated heterocycles. The molecule has 2 atom stereocenters. The maximum absolute atomic E-state index is 14.2. The number of thioether (sulfide) groups is 1. The Kier molecular flexibility index (Phi) is 5.49. The van der Waals surface area contributed by atoms with Gasteiger partial charge in [0.15, 0.2) is 0 Å². The average Bonchev–Trinajstić information content (AvgIpc) is 2.97. The lowest BCUT2D eigenvalue weighted by Gasteiger charge is -2.34. The Bertz CT molecular complexity index is 612. The van der Waals surface area contributed by atoms with E-state index >= 15 is 0 Å². The highest BCUT2D eigenvalue weighted by atomic mass is 32.2. The summed E-state index contributed by atoms with van der Waals surface area (Å²) >= 11 is 1.29. The molecule has 0 amide bonds. The molecule has 0 saturated carbocycles. The van der Waals surface area contributed by atoms with Crippen molar-refractivity contribution in [3.05, 3.63) is 48.1 Å². The van der Waals surface area contributed by atoms with Gasteiger partial charge in [0.2, 0.25) is 0 Å². The molecular formula is C14H17F2N3O2S. The van der Waals surface area contributed by atoms with Crippen molar-refractivity contribution in [2.45, 2.75) is 24.3 Å². The molecule has 0 aliphatic heterocycles. The van der Waals surface area contributed by atoms with Crippen molar-refractivity contribution in [3.63, 3.8) is 0 Å². The Morgan fingerprint density at radius 1 is 1.41 bits per heavy atom. The van der Waals surface area contributed by atoms with Gasteiger partial charge in [0.1, 0.15) is 29.9 Å². The number of aromatic nitrogens is 3. The summed E-state index contributed by atoms with van der Waals surface area (Å²) in [5.41, 5.74) is -1.63. The molecule has 0 radical (unpaired) electrons. The number of hydrogen-bond acceptors (Lipinski definition) is 5. The van der Waals surface area contributed by atoms with Crippen LogP contribution in [0, 0.1) is 11.6 Å². The van der Waals surface area contributed by atoms with Crippen LogP contribution >= 0.6 is 11.8 Å². The lowest BCUT2D eigenvalue weighted by Crippen LogP contribution is -2.41. The Balaban J connectivity index is 2.39. The van der Waals surface area contributed by atoms with Gasteiger partial charge in [0.05, 0.1) is 13.2 Å². The maximum atomic E-state index is 14.2. The largest absolute Gasteiger partial charge is 0.396 e. The third-order valence-corrected chi connectivity index (χ3v) is 4.71. The molecule has 0 spiro atoms. The molecule has 1 aromatic heterocycles. The molecule has 5 nitrogen and oxygen atoms in total. The van der Waals surface area contributed by atoms with E-state index in [9.17, 15) is 13.9 Å². The van der Waals surface area contributed by atoms with Crippen LogP contribution in [0.2, 0.25) is 0 Å². The smallest absolute Gasteiger partial charge is 0.137 e. The summed E-state index contributed by atoms with van der Waals surface area (Å²) in [6, 6.07) is 3.08. The van der Waals surface area contributed by atoms with Crippen molar-refractivity contribution >= 4 is 11.8 Å². The van der Waals surface area contributed by atoms with Crippen LogP contribution in [0.15, 0.2) is 30.9 Å². The Morgan fingerprint density at radius 3 is 2.77 bits per heavy atom. The van der Waals surface area contributed by atoms with Crippen LogP contribution in [0.4, 0.5) is 8.78 Å². The van der Waals surface area contributed by atoms with Crippen LogP contribution in [-0.4, -0.2) is 42.6 Å². The van der Waals surface area contributed by atoms with E-state index in [1.807, 2.05) is 0 Å². The number of aliphatic hydroxyl groups is 2. The molecule has 0 aliphatic rings. The normalized spacial score (nSPS) is 15.5. The molecule has 1 aromatic carbocycles. The highest BCUT2D eigenvalue weighted by Gasteiger charge is 2.39. The Labute approximate surface area is 131 Å². The van der Waals surface area contributed by atoms with Crippen LogP contribution in [-0.2, 0) is 12.1 Å². The van der Waals surface area contributed by atoms with E-state index in [1.165, 1.54) is 35.2 Å². The van der Waals surface area contributed by atoms with E-state index in [2.05, 4.69) is 10.1 Å². The van der Waals surface area contributed by atoms with Gasteiger partial charge in [-0.05, 0) is 6.07 Å². The minimum Gasteiger partial charge on any atom is -0.396 e. The van der Waals surface area contributed by atoms with Gasteiger partial charge in [-0.2, -0.15) is 16.9 Å². The van der Waals surface area contributed by atoms with Gasteiger partial charge in [0.25, 0.3) is 0 Å². The van der Waals surface area contributed by atoms with E-state index in [-0.39, 0.29) is 18.7 Å². The molecule has 22 heavy (non-hydrogen) atoms. The molecule has 1 heterocycles. The first-order chi connectivity index (χ1) is 10.5. The predicted octanol–water partition coefficient (Wildman–Crippen LogP) is 1.56. The van der Waals surface area contributed by atoms with E-state index in [0.717, 1.165) is 12.1 Å². The number of hydrogen-bond donors (Lipinski definition) is 2.